The number of halogens is 1. The Morgan fingerprint density at radius 1 is 1.42 bits per heavy atom. The standard InChI is InChI=1S/C14H15ClN2O2/c15-13-4-2-1-3-12(13)11(10-16)9-14(18)17-5-7-19-8-6-17/h1-4,11H,5-9H2. The van der Waals surface area contributed by atoms with Crippen LogP contribution in [0.25, 0.3) is 0 Å². The van der Waals surface area contributed by atoms with Gasteiger partial charge in [-0.2, -0.15) is 5.26 Å². The molecule has 0 radical (unpaired) electrons. The van der Waals surface area contributed by atoms with E-state index in [1.54, 1.807) is 17.0 Å². The summed E-state index contributed by atoms with van der Waals surface area (Å²) >= 11 is 6.07. The van der Waals surface area contributed by atoms with Gasteiger partial charge < -0.3 is 9.64 Å². The number of hydrogen-bond acceptors (Lipinski definition) is 3. The van der Waals surface area contributed by atoms with Gasteiger partial charge in [0.05, 0.1) is 25.2 Å². The zero-order valence-electron chi connectivity index (χ0n) is 10.5. The van der Waals surface area contributed by atoms with Gasteiger partial charge >= 0.3 is 0 Å². The van der Waals surface area contributed by atoms with E-state index in [1.807, 2.05) is 12.1 Å². The van der Waals surface area contributed by atoms with Crippen LogP contribution >= 0.6 is 11.6 Å². The Bertz CT molecular complexity index is 492. The van der Waals surface area contributed by atoms with Gasteiger partial charge in [-0.1, -0.05) is 29.8 Å². The first-order valence-electron chi connectivity index (χ1n) is 6.22. The van der Waals surface area contributed by atoms with Gasteiger partial charge in [0.1, 0.15) is 0 Å². The lowest BCUT2D eigenvalue weighted by Gasteiger charge is -2.27. The van der Waals surface area contributed by atoms with Gasteiger partial charge in [-0.15, -0.1) is 0 Å². The van der Waals surface area contributed by atoms with E-state index < -0.39 is 5.92 Å². The molecule has 0 saturated carbocycles. The minimum absolute atomic E-state index is 0.0187. The highest BCUT2D eigenvalue weighted by atomic mass is 35.5. The molecule has 2 rings (SSSR count). The summed E-state index contributed by atoms with van der Waals surface area (Å²) in [6.07, 6.45) is 0.167. The molecule has 1 amide bonds. The second kappa shape index (κ2) is 6.55. The van der Waals surface area contributed by atoms with E-state index in [0.29, 0.717) is 36.9 Å². The second-order valence-electron chi connectivity index (χ2n) is 4.40. The first-order valence-corrected chi connectivity index (χ1v) is 6.59. The lowest BCUT2D eigenvalue weighted by molar-refractivity contribution is -0.135. The molecule has 4 nitrogen and oxygen atoms in total. The molecule has 0 bridgehead atoms. The Morgan fingerprint density at radius 2 is 2.11 bits per heavy atom. The largest absolute Gasteiger partial charge is 0.378 e. The lowest BCUT2D eigenvalue weighted by atomic mass is 9.96. The van der Waals surface area contributed by atoms with Crippen molar-refractivity contribution in [2.75, 3.05) is 26.3 Å². The fraction of sp³-hybridized carbons (Fsp3) is 0.429. The van der Waals surface area contributed by atoms with Crippen LogP contribution in [0.15, 0.2) is 24.3 Å². The summed E-state index contributed by atoms with van der Waals surface area (Å²) in [7, 11) is 0. The fourth-order valence-corrected chi connectivity index (χ4v) is 2.37. The summed E-state index contributed by atoms with van der Waals surface area (Å²) in [4.78, 5) is 13.9. The molecule has 1 atom stereocenters. The zero-order chi connectivity index (χ0) is 13.7. The van der Waals surface area contributed by atoms with Crippen LogP contribution in [0.3, 0.4) is 0 Å². The van der Waals surface area contributed by atoms with Crippen molar-refractivity contribution in [2.24, 2.45) is 0 Å². The van der Waals surface area contributed by atoms with Gasteiger partial charge in [0.15, 0.2) is 0 Å². The molecule has 1 unspecified atom stereocenters. The quantitative estimate of drug-likeness (QED) is 0.852. The van der Waals surface area contributed by atoms with E-state index >= 15 is 0 Å². The van der Waals surface area contributed by atoms with E-state index in [2.05, 4.69) is 6.07 Å². The summed E-state index contributed by atoms with van der Waals surface area (Å²) in [5.74, 6) is -0.515. The summed E-state index contributed by atoms with van der Waals surface area (Å²) in [6.45, 7) is 2.32. The van der Waals surface area contributed by atoms with Crippen LogP contribution in [0.4, 0.5) is 0 Å². The van der Waals surface area contributed by atoms with Crippen LogP contribution in [-0.2, 0) is 9.53 Å². The van der Waals surface area contributed by atoms with Crippen molar-refractivity contribution >= 4 is 17.5 Å². The van der Waals surface area contributed by atoms with Crippen LogP contribution in [0.1, 0.15) is 17.9 Å². The Labute approximate surface area is 117 Å². The van der Waals surface area contributed by atoms with Gasteiger partial charge in [-0.3, -0.25) is 4.79 Å². The molecule has 19 heavy (non-hydrogen) atoms. The summed E-state index contributed by atoms with van der Waals surface area (Å²) < 4.78 is 5.20. The highest BCUT2D eigenvalue weighted by molar-refractivity contribution is 6.31. The van der Waals surface area contributed by atoms with E-state index in [4.69, 9.17) is 16.3 Å². The van der Waals surface area contributed by atoms with Crippen molar-refractivity contribution in [2.45, 2.75) is 12.3 Å². The minimum atomic E-state index is -0.496. The van der Waals surface area contributed by atoms with Crippen LogP contribution in [0, 0.1) is 11.3 Å². The van der Waals surface area contributed by atoms with Crippen molar-refractivity contribution in [3.05, 3.63) is 34.9 Å². The molecule has 0 aromatic heterocycles. The number of carbonyl (C=O) groups is 1. The number of carbonyl (C=O) groups excluding carboxylic acids is 1. The van der Waals surface area contributed by atoms with E-state index in [1.165, 1.54) is 0 Å². The molecular weight excluding hydrogens is 264 g/mol. The molecule has 1 saturated heterocycles. The summed E-state index contributed by atoms with van der Waals surface area (Å²) in [5, 5.41) is 9.78. The number of nitriles is 1. The Kier molecular flexibility index (Phi) is 4.78. The van der Waals surface area contributed by atoms with Gasteiger partial charge in [0.2, 0.25) is 5.91 Å². The average molecular weight is 279 g/mol. The summed E-state index contributed by atoms with van der Waals surface area (Å²) in [5.41, 5.74) is 0.716. The number of hydrogen-bond donors (Lipinski definition) is 0. The maximum Gasteiger partial charge on any atom is 0.224 e. The predicted octanol–water partition coefficient (Wildman–Crippen LogP) is 2.20. The number of amides is 1. The Morgan fingerprint density at radius 3 is 2.74 bits per heavy atom. The Hall–Kier alpha value is -1.57. The molecule has 5 heteroatoms. The number of benzene rings is 1. The monoisotopic (exact) mass is 278 g/mol. The average Bonchev–Trinajstić information content (AvgIpc) is 2.46. The predicted molar refractivity (Wildman–Crippen MR) is 71.8 cm³/mol. The highest BCUT2D eigenvalue weighted by Crippen LogP contribution is 2.27. The topological polar surface area (TPSA) is 53.3 Å². The van der Waals surface area contributed by atoms with E-state index in [0.717, 1.165) is 0 Å². The summed E-state index contributed by atoms with van der Waals surface area (Å²) in [6, 6.07) is 9.33. The molecule has 1 aromatic carbocycles. The van der Waals surface area contributed by atoms with Crippen molar-refractivity contribution < 1.29 is 9.53 Å². The van der Waals surface area contributed by atoms with Crippen molar-refractivity contribution in [3.8, 4) is 6.07 Å². The van der Waals surface area contributed by atoms with Crippen LogP contribution in [0.2, 0.25) is 5.02 Å². The first-order chi connectivity index (χ1) is 9.22. The van der Waals surface area contributed by atoms with Gasteiger partial charge in [-0.25, -0.2) is 0 Å². The third-order valence-electron chi connectivity index (χ3n) is 3.18. The van der Waals surface area contributed by atoms with Gasteiger partial charge in [0.25, 0.3) is 0 Å². The second-order valence-corrected chi connectivity index (χ2v) is 4.81. The third-order valence-corrected chi connectivity index (χ3v) is 3.52. The Balaban J connectivity index is 2.05. The molecular formula is C14H15ClN2O2. The minimum Gasteiger partial charge on any atom is -0.378 e. The van der Waals surface area contributed by atoms with Crippen LogP contribution in [-0.4, -0.2) is 37.1 Å². The normalized spacial score (nSPS) is 16.7. The molecule has 1 fully saturated rings. The maximum atomic E-state index is 12.1. The van der Waals surface area contributed by atoms with Gasteiger partial charge in [0, 0.05) is 24.5 Å². The lowest BCUT2D eigenvalue weighted by Crippen LogP contribution is -2.41. The van der Waals surface area contributed by atoms with E-state index in [-0.39, 0.29) is 12.3 Å². The zero-order valence-corrected chi connectivity index (χ0v) is 11.3. The molecule has 1 aromatic rings. The third kappa shape index (κ3) is 3.46. The molecule has 0 spiro atoms. The highest BCUT2D eigenvalue weighted by Gasteiger charge is 2.23. The molecule has 1 heterocycles. The smallest absolute Gasteiger partial charge is 0.224 e. The number of ether oxygens (including phenoxy) is 1. The molecule has 0 aliphatic carbocycles. The molecule has 1 aliphatic rings. The number of morpholine rings is 1. The van der Waals surface area contributed by atoms with Crippen LogP contribution in [0.5, 0.6) is 0 Å². The number of rotatable bonds is 3. The molecule has 1 aliphatic heterocycles. The van der Waals surface area contributed by atoms with Crippen molar-refractivity contribution in [1.82, 2.24) is 4.90 Å². The number of nitrogens with zero attached hydrogens (tertiary/aromatic N) is 2. The van der Waals surface area contributed by atoms with Crippen molar-refractivity contribution in [3.63, 3.8) is 0 Å². The molecule has 100 valence electrons. The van der Waals surface area contributed by atoms with Crippen molar-refractivity contribution in [1.29, 1.82) is 5.26 Å². The van der Waals surface area contributed by atoms with Gasteiger partial charge in [-0.05, 0) is 11.6 Å². The SMILES string of the molecule is N#CC(CC(=O)N1CCOCC1)c1ccccc1Cl. The van der Waals surface area contributed by atoms with E-state index in [9.17, 15) is 10.1 Å². The molecule has 0 N–H and O–H groups in total. The fourth-order valence-electron chi connectivity index (χ4n) is 2.10. The maximum absolute atomic E-state index is 12.1. The first kappa shape index (κ1) is 13.9. The van der Waals surface area contributed by atoms with Crippen LogP contribution < -0.4 is 0 Å².